The summed E-state index contributed by atoms with van der Waals surface area (Å²) in [5.41, 5.74) is 0.218. The maximum atomic E-state index is 10.7. The molecule has 2 N–H and O–H groups in total. The van der Waals surface area contributed by atoms with Crippen LogP contribution in [-0.4, -0.2) is 17.1 Å². The van der Waals surface area contributed by atoms with Gasteiger partial charge in [-0.05, 0) is 31.7 Å². The first-order valence-corrected chi connectivity index (χ1v) is 6.21. The molecule has 0 aliphatic heterocycles. The van der Waals surface area contributed by atoms with Gasteiger partial charge >= 0.3 is 5.97 Å². The molecule has 1 saturated carbocycles. The minimum Gasteiger partial charge on any atom is -0.478 e. The second-order valence-electron chi connectivity index (χ2n) is 4.82. The minimum absolute atomic E-state index is 0.218. The van der Waals surface area contributed by atoms with Crippen molar-refractivity contribution >= 4 is 5.97 Å². The smallest absolute Gasteiger partial charge is 0.338 e. The highest BCUT2D eigenvalue weighted by Gasteiger charge is 2.21. The number of hydrogen-bond donors (Lipinski definition) is 2. The zero-order valence-corrected chi connectivity index (χ0v) is 10.1. The molecule has 4 heteroatoms. The number of carbonyl (C=O) groups is 1. The number of furan rings is 1. The van der Waals surface area contributed by atoms with Crippen molar-refractivity contribution in [3.8, 4) is 0 Å². The Morgan fingerprint density at radius 1 is 1.59 bits per heavy atom. The molecule has 1 fully saturated rings. The highest BCUT2D eigenvalue weighted by atomic mass is 16.4. The molecule has 0 radical (unpaired) electrons. The Kier molecular flexibility index (Phi) is 3.84. The van der Waals surface area contributed by atoms with Gasteiger partial charge < -0.3 is 14.8 Å². The Labute approximate surface area is 101 Å². The Bertz CT molecular complexity index is 380. The molecule has 0 aromatic carbocycles. The first-order chi connectivity index (χ1) is 8.16. The van der Waals surface area contributed by atoms with Gasteiger partial charge in [0.1, 0.15) is 12.0 Å². The third-order valence-corrected chi connectivity index (χ3v) is 3.61. The van der Waals surface area contributed by atoms with E-state index >= 15 is 0 Å². The van der Waals surface area contributed by atoms with Gasteiger partial charge in [-0.15, -0.1) is 0 Å². The van der Waals surface area contributed by atoms with Crippen LogP contribution in [0.2, 0.25) is 0 Å². The van der Waals surface area contributed by atoms with Crippen molar-refractivity contribution in [3.63, 3.8) is 0 Å². The molecule has 17 heavy (non-hydrogen) atoms. The van der Waals surface area contributed by atoms with Crippen molar-refractivity contribution in [2.45, 2.75) is 45.2 Å². The first kappa shape index (κ1) is 12.2. The third-order valence-electron chi connectivity index (χ3n) is 3.61. The lowest BCUT2D eigenvalue weighted by atomic mass is 10.00. The maximum absolute atomic E-state index is 10.7. The van der Waals surface area contributed by atoms with Gasteiger partial charge in [0.15, 0.2) is 0 Å². The van der Waals surface area contributed by atoms with Crippen LogP contribution >= 0.6 is 0 Å². The zero-order chi connectivity index (χ0) is 12.3. The van der Waals surface area contributed by atoms with Crippen LogP contribution in [0, 0.1) is 5.92 Å². The van der Waals surface area contributed by atoms with Crippen LogP contribution in [0.25, 0.3) is 0 Å². The van der Waals surface area contributed by atoms with E-state index in [4.69, 9.17) is 9.52 Å². The lowest BCUT2D eigenvalue weighted by Crippen LogP contribution is -2.31. The molecule has 1 aliphatic rings. The molecule has 1 atom stereocenters. The van der Waals surface area contributed by atoms with E-state index in [2.05, 4.69) is 12.2 Å². The predicted molar refractivity (Wildman–Crippen MR) is 63.9 cm³/mol. The third kappa shape index (κ3) is 3.09. The SMILES string of the molecule is C[C@H](NCc1cc(C(=O)O)co1)C1CCCC1. The van der Waals surface area contributed by atoms with Gasteiger partial charge in [-0.2, -0.15) is 0 Å². The molecule has 94 valence electrons. The minimum atomic E-state index is -0.941. The van der Waals surface area contributed by atoms with Gasteiger partial charge in [0.05, 0.1) is 12.1 Å². The van der Waals surface area contributed by atoms with Crippen molar-refractivity contribution in [2.24, 2.45) is 5.92 Å². The van der Waals surface area contributed by atoms with Gasteiger partial charge in [-0.3, -0.25) is 0 Å². The molecule has 1 heterocycles. The van der Waals surface area contributed by atoms with Crippen LogP contribution in [-0.2, 0) is 6.54 Å². The van der Waals surface area contributed by atoms with E-state index in [1.807, 2.05) is 0 Å². The molecule has 1 aromatic heterocycles. The summed E-state index contributed by atoms with van der Waals surface area (Å²) in [6, 6.07) is 2.05. The van der Waals surface area contributed by atoms with Crippen molar-refractivity contribution in [1.29, 1.82) is 0 Å². The molecule has 2 rings (SSSR count). The van der Waals surface area contributed by atoms with E-state index in [9.17, 15) is 4.79 Å². The summed E-state index contributed by atoms with van der Waals surface area (Å²) in [5.74, 6) is 0.500. The second kappa shape index (κ2) is 5.36. The Morgan fingerprint density at radius 2 is 2.29 bits per heavy atom. The fraction of sp³-hybridized carbons (Fsp3) is 0.615. The first-order valence-electron chi connectivity index (χ1n) is 6.21. The number of aromatic carboxylic acids is 1. The molecule has 0 spiro atoms. The predicted octanol–water partition coefficient (Wildman–Crippen LogP) is 2.65. The zero-order valence-electron chi connectivity index (χ0n) is 10.1. The monoisotopic (exact) mass is 237 g/mol. The Hall–Kier alpha value is -1.29. The Balaban J connectivity index is 1.82. The second-order valence-corrected chi connectivity index (χ2v) is 4.82. The van der Waals surface area contributed by atoms with E-state index in [1.165, 1.54) is 31.9 Å². The van der Waals surface area contributed by atoms with E-state index in [1.54, 1.807) is 6.07 Å². The summed E-state index contributed by atoms with van der Waals surface area (Å²) in [5, 5.41) is 12.2. The van der Waals surface area contributed by atoms with E-state index in [0.29, 0.717) is 18.3 Å². The fourth-order valence-electron chi connectivity index (χ4n) is 2.47. The van der Waals surface area contributed by atoms with Crippen molar-refractivity contribution in [2.75, 3.05) is 0 Å². The summed E-state index contributed by atoms with van der Waals surface area (Å²) in [6.45, 7) is 2.79. The van der Waals surface area contributed by atoms with Crippen LogP contribution < -0.4 is 5.32 Å². The standard InChI is InChI=1S/C13H19NO3/c1-9(10-4-2-3-5-10)14-7-12-6-11(8-17-12)13(15)16/h6,8-10,14H,2-5,7H2,1H3,(H,15,16)/t9-/m0/s1. The lowest BCUT2D eigenvalue weighted by molar-refractivity contribution is 0.0696. The number of nitrogens with one attached hydrogen (secondary N) is 1. The van der Waals surface area contributed by atoms with Crippen LogP contribution in [0.15, 0.2) is 16.7 Å². The van der Waals surface area contributed by atoms with Gasteiger partial charge in [-0.25, -0.2) is 4.79 Å². The highest BCUT2D eigenvalue weighted by molar-refractivity contribution is 5.87. The average Bonchev–Trinajstić information content (AvgIpc) is 2.97. The van der Waals surface area contributed by atoms with Crippen molar-refractivity contribution < 1.29 is 14.3 Å². The molecule has 4 nitrogen and oxygen atoms in total. The average molecular weight is 237 g/mol. The Morgan fingerprint density at radius 3 is 2.88 bits per heavy atom. The fourth-order valence-corrected chi connectivity index (χ4v) is 2.47. The number of carboxylic acids is 1. The summed E-state index contributed by atoms with van der Waals surface area (Å²) in [7, 11) is 0. The summed E-state index contributed by atoms with van der Waals surface area (Å²) >= 11 is 0. The molecular formula is C13H19NO3. The molecular weight excluding hydrogens is 218 g/mol. The summed E-state index contributed by atoms with van der Waals surface area (Å²) < 4.78 is 5.20. The van der Waals surface area contributed by atoms with Gasteiger partial charge in [0.25, 0.3) is 0 Å². The molecule has 0 unspecified atom stereocenters. The topological polar surface area (TPSA) is 62.5 Å². The van der Waals surface area contributed by atoms with E-state index < -0.39 is 5.97 Å². The highest BCUT2D eigenvalue weighted by Crippen LogP contribution is 2.27. The van der Waals surface area contributed by atoms with Crippen LogP contribution in [0.1, 0.15) is 48.7 Å². The molecule has 1 aliphatic carbocycles. The molecule has 0 saturated heterocycles. The maximum Gasteiger partial charge on any atom is 0.338 e. The molecule has 0 amide bonds. The molecule has 0 bridgehead atoms. The van der Waals surface area contributed by atoms with E-state index in [0.717, 1.165) is 5.92 Å². The lowest BCUT2D eigenvalue weighted by Gasteiger charge is -2.19. The van der Waals surface area contributed by atoms with Gasteiger partial charge in [0.2, 0.25) is 0 Å². The number of hydrogen-bond acceptors (Lipinski definition) is 3. The number of rotatable bonds is 5. The van der Waals surface area contributed by atoms with Gasteiger partial charge in [0, 0.05) is 6.04 Å². The van der Waals surface area contributed by atoms with Crippen molar-refractivity contribution in [3.05, 3.63) is 23.7 Å². The van der Waals surface area contributed by atoms with Crippen molar-refractivity contribution in [1.82, 2.24) is 5.32 Å². The summed E-state index contributed by atoms with van der Waals surface area (Å²) in [4.78, 5) is 10.7. The number of carboxylic acid groups (broad SMARTS) is 1. The quantitative estimate of drug-likeness (QED) is 0.826. The summed E-state index contributed by atoms with van der Waals surface area (Å²) in [6.07, 6.45) is 6.56. The molecule has 1 aromatic rings. The van der Waals surface area contributed by atoms with Crippen LogP contribution in [0.4, 0.5) is 0 Å². The largest absolute Gasteiger partial charge is 0.478 e. The van der Waals surface area contributed by atoms with Gasteiger partial charge in [-0.1, -0.05) is 12.8 Å². The normalized spacial score (nSPS) is 18.4. The van der Waals surface area contributed by atoms with Crippen LogP contribution in [0.3, 0.4) is 0 Å². The van der Waals surface area contributed by atoms with E-state index in [-0.39, 0.29) is 5.56 Å². The van der Waals surface area contributed by atoms with Crippen LogP contribution in [0.5, 0.6) is 0 Å².